The van der Waals surface area contributed by atoms with E-state index in [0.717, 1.165) is 13.1 Å². The van der Waals surface area contributed by atoms with Crippen molar-refractivity contribution in [2.24, 2.45) is 0 Å². The van der Waals surface area contributed by atoms with Gasteiger partial charge in [0.25, 0.3) is 5.89 Å². The van der Waals surface area contributed by atoms with Gasteiger partial charge in [-0.05, 0) is 25.5 Å². The van der Waals surface area contributed by atoms with Crippen LogP contribution in [0.25, 0.3) is 0 Å². The van der Waals surface area contributed by atoms with Crippen molar-refractivity contribution in [3.8, 4) is 0 Å². The minimum absolute atomic E-state index is 0.0927. The summed E-state index contributed by atoms with van der Waals surface area (Å²) in [5.41, 5.74) is 1.17. The van der Waals surface area contributed by atoms with Crippen LogP contribution in [0.2, 0.25) is 0 Å². The highest BCUT2D eigenvalue weighted by atomic mass is 32.2. The normalized spacial score (nSPS) is 16.7. The number of thioether (sulfide) groups is 1. The second kappa shape index (κ2) is 6.17. The van der Waals surface area contributed by atoms with Crippen LogP contribution in [0.3, 0.4) is 0 Å². The molecule has 0 saturated carbocycles. The van der Waals surface area contributed by atoms with Crippen LogP contribution in [0.1, 0.15) is 24.2 Å². The summed E-state index contributed by atoms with van der Waals surface area (Å²) in [6, 6.07) is 8.29. The van der Waals surface area contributed by atoms with Gasteiger partial charge in [-0.15, -0.1) is 11.8 Å². The molecule has 1 aromatic heterocycles. The molecular formula is C15H19N3O2S. The number of aryl methyl sites for hydroxylation is 1. The van der Waals surface area contributed by atoms with Crippen LogP contribution in [0.4, 0.5) is 0 Å². The first-order valence-electron chi connectivity index (χ1n) is 6.99. The van der Waals surface area contributed by atoms with E-state index in [1.807, 2.05) is 12.1 Å². The van der Waals surface area contributed by atoms with Gasteiger partial charge >= 0.3 is 0 Å². The molecule has 21 heavy (non-hydrogen) atoms. The van der Waals surface area contributed by atoms with E-state index in [1.165, 1.54) is 10.5 Å². The number of aromatic nitrogens is 2. The van der Waals surface area contributed by atoms with Crippen molar-refractivity contribution in [1.82, 2.24) is 15.5 Å². The maximum Gasteiger partial charge on any atom is 0.252 e. The number of nitrogens with zero attached hydrogens (tertiary/aromatic N) is 2. The molecule has 0 bridgehead atoms. The lowest BCUT2D eigenvalue weighted by molar-refractivity contribution is -0.0841. The summed E-state index contributed by atoms with van der Waals surface area (Å²) >= 11 is 1.72. The molecule has 1 aliphatic rings. The first kappa shape index (κ1) is 14.6. The van der Waals surface area contributed by atoms with Crippen LogP contribution in [-0.2, 0) is 17.1 Å². The molecule has 0 atom stereocenters. The Kier molecular flexibility index (Phi) is 4.28. The van der Waals surface area contributed by atoms with Crippen molar-refractivity contribution in [1.29, 1.82) is 0 Å². The number of hydrogen-bond acceptors (Lipinski definition) is 6. The second-order valence-corrected chi connectivity index (χ2v) is 6.52. The van der Waals surface area contributed by atoms with E-state index < -0.39 is 0 Å². The van der Waals surface area contributed by atoms with Crippen molar-refractivity contribution < 1.29 is 9.26 Å². The van der Waals surface area contributed by atoms with Gasteiger partial charge in [-0.2, -0.15) is 4.98 Å². The predicted octanol–water partition coefficient (Wildman–Crippen LogP) is 2.55. The molecule has 6 heteroatoms. The number of hydrogen-bond donors (Lipinski definition) is 1. The van der Waals surface area contributed by atoms with Crippen LogP contribution >= 0.6 is 11.8 Å². The maximum absolute atomic E-state index is 5.78. The van der Waals surface area contributed by atoms with Crippen molar-refractivity contribution in [2.45, 2.75) is 36.7 Å². The largest absolute Gasteiger partial charge is 0.363 e. The van der Waals surface area contributed by atoms with Crippen molar-refractivity contribution in [2.75, 3.05) is 13.1 Å². The van der Waals surface area contributed by atoms with E-state index >= 15 is 0 Å². The Morgan fingerprint density at radius 1 is 1.38 bits per heavy atom. The van der Waals surface area contributed by atoms with Gasteiger partial charge in [0, 0.05) is 18.0 Å². The van der Waals surface area contributed by atoms with Crippen LogP contribution in [0, 0.1) is 6.92 Å². The van der Waals surface area contributed by atoms with Crippen LogP contribution in [0.15, 0.2) is 33.7 Å². The fraction of sp³-hybridized carbons (Fsp3) is 0.467. The van der Waals surface area contributed by atoms with Crippen molar-refractivity contribution >= 4 is 11.8 Å². The zero-order valence-electron chi connectivity index (χ0n) is 12.3. The predicted molar refractivity (Wildman–Crippen MR) is 81.1 cm³/mol. The summed E-state index contributed by atoms with van der Waals surface area (Å²) < 4.78 is 11.0. The number of ether oxygens (including phenoxy) is 1. The van der Waals surface area contributed by atoms with Crippen LogP contribution < -0.4 is 5.32 Å². The minimum Gasteiger partial charge on any atom is -0.363 e. The Hall–Kier alpha value is -1.37. The third kappa shape index (κ3) is 3.64. The topological polar surface area (TPSA) is 60.2 Å². The lowest BCUT2D eigenvalue weighted by Crippen LogP contribution is -2.58. The second-order valence-electron chi connectivity index (χ2n) is 5.50. The third-order valence-corrected chi connectivity index (χ3v) is 4.67. The highest BCUT2D eigenvalue weighted by molar-refractivity contribution is 7.98. The Bertz CT molecular complexity index is 610. The van der Waals surface area contributed by atoms with Gasteiger partial charge in [-0.1, -0.05) is 23.4 Å². The van der Waals surface area contributed by atoms with E-state index in [0.29, 0.717) is 24.1 Å². The van der Waals surface area contributed by atoms with Crippen molar-refractivity contribution in [3.05, 3.63) is 41.5 Å². The number of benzene rings is 1. The molecular weight excluding hydrogens is 286 g/mol. The van der Waals surface area contributed by atoms with Gasteiger partial charge in [0.15, 0.2) is 5.82 Å². The van der Waals surface area contributed by atoms with Gasteiger partial charge in [-0.3, -0.25) is 0 Å². The molecule has 0 amide bonds. The molecule has 1 saturated heterocycles. The Balaban J connectivity index is 1.52. The van der Waals surface area contributed by atoms with E-state index in [4.69, 9.17) is 9.26 Å². The molecule has 1 fully saturated rings. The third-order valence-electron chi connectivity index (χ3n) is 3.50. The van der Waals surface area contributed by atoms with Gasteiger partial charge in [0.2, 0.25) is 0 Å². The minimum atomic E-state index is -0.0927. The molecule has 0 spiro atoms. The maximum atomic E-state index is 5.78. The van der Waals surface area contributed by atoms with Crippen molar-refractivity contribution in [3.63, 3.8) is 0 Å². The molecule has 3 rings (SSSR count). The summed E-state index contributed by atoms with van der Waals surface area (Å²) in [6.45, 7) is 6.30. The average molecular weight is 305 g/mol. The lowest BCUT2D eigenvalue weighted by Gasteiger charge is -2.38. The Labute approximate surface area is 128 Å². The summed E-state index contributed by atoms with van der Waals surface area (Å²) in [4.78, 5) is 5.62. The summed E-state index contributed by atoms with van der Waals surface area (Å²) in [6.07, 6.45) is 0. The Morgan fingerprint density at radius 2 is 2.19 bits per heavy atom. The molecule has 112 valence electrons. The van der Waals surface area contributed by atoms with Gasteiger partial charge < -0.3 is 14.6 Å². The molecule has 1 aliphatic heterocycles. The molecule has 0 unspecified atom stereocenters. The molecule has 1 aromatic carbocycles. The zero-order valence-corrected chi connectivity index (χ0v) is 13.1. The monoisotopic (exact) mass is 305 g/mol. The average Bonchev–Trinajstić information content (AvgIpc) is 2.90. The fourth-order valence-corrected chi connectivity index (χ4v) is 2.96. The highest BCUT2D eigenvalue weighted by Gasteiger charge is 2.32. The molecule has 2 aromatic rings. The van der Waals surface area contributed by atoms with Crippen LogP contribution in [-0.4, -0.2) is 28.8 Å². The quantitative estimate of drug-likeness (QED) is 0.828. The number of rotatable bonds is 6. The summed E-state index contributed by atoms with van der Waals surface area (Å²) in [5, 5.41) is 7.19. The molecule has 0 radical (unpaired) electrons. The Morgan fingerprint density at radius 3 is 2.90 bits per heavy atom. The van der Waals surface area contributed by atoms with Gasteiger partial charge in [0.05, 0.1) is 11.4 Å². The molecule has 2 heterocycles. The summed E-state index contributed by atoms with van der Waals surface area (Å²) in [5.74, 6) is 1.95. The first-order chi connectivity index (χ1) is 10.1. The smallest absolute Gasteiger partial charge is 0.252 e. The van der Waals surface area contributed by atoms with Crippen LogP contribution in [0.5, 0.6) is 0 Å². The lowest BCUT2D eigenvalue weighted by atomic mass is 10.0. The fourth-order valence-electron chi connectivity index (χ4n) is 2.08. The molecule has 0 aliphatic carbocycles. The van der Waals surface area contributed by atoms with E-state index in [2.05, 4.69) is 41.4 Å². The standard InChI is InChI=1S/C15H19N3O2S/c1-11-5-3-4-6-12(11)21-8-13-17-14(20-18-13)7-19-15(2)9-16-10-15/h3-6,16H,7-10H2,1-2H3. The van der Waals surface area contributed by atoms with Gasteiger partial charge in [-0.25, -0.2) is 0 Å². The van der Waals surface area contributed by atoms with E-state index in [9.17, 15) is 0 Å². The zero-order chi connectivity index (χ0) is 14.7. The number of nitrogens with one attached hydrogen (secondary N) is 1. The summed E-state index contributed by atoms with van der Waals surface area (Å²) in [7, 11) is 0. The first-order valence-corrected chi connectivity index (χ1v) is 7.98. The highest BCUT2D eigenvalue weighted by Crippen LogP contribution is 2.25. The molecule has 1 N–H and O–H groups in total. The van der Waals surface area contributed by atoms with E-state index in [-0.39, 0.29) is 5.60 Å². The molecule has 5 nitrogen and oxygen atoms in total. The SMILES string of the molecule is Cc1ccccc1SCc1noc(COC2(C)CNC2)n1. The van der Waals surface area contributed by atoms with E-state index in [1.54, 1.807) is 11.8 Å². The van der Waals surface area contributed by atoms with Gasteiger partial charge in [0.1, 0.15) is 6.61 Å².